The number of amides is 1. The van der Waals surface area contributed by atoms with Gasteiger partial charge >= 0.3 is 11.9 Å². The lowest BCUT2D eigenvalue weighted by Crippen LogP contribution is -2.56. The van der Waals surface area contributed by atoms with Gasteiger partial charge in [0.25, 0.3) is 0 Å². The number of carboxylic acid groups (broad SMARTS) is 1. The van der Waals surface area contributed by atoms with Gasteiger partial charge in [0.2, 0.25) is 5.91 Å². The lowest BCUT2D eigenvalue weighted by Gasteiger charge is -2.35. The molecule has 0 radical (unpaired) electrons. The Labute approximate surface area is 194 Å². The number of hydrogen-bond acceptors (Lipinski definition) is 6. The average Bonchev–Trinajstić information content (AvgIpc) is 3.18. The number of thioether (sulfide) groups is 1. The van der Waals surface area contributed by atoms with Gasteiger partial charge in [0.05, 0.1) is 12.6 Å². The standard InChI is InChI=1S/C24H34N2O5S/c1-3-31-24(30)19(15-32-14-17-9-5-4-6-10-17)25-16(2)22(27)26-20-12-8-7-11-18(20)13-21(26)23(28)29/h4-6,9-10,16,18-21,25H,3,7-8,11-15H2,1-2H3,(H,28,29)/t16-,18?,19?,20?,21-/m0/s1. The van der Waals surface area contributed by atoms with Gasteiger partial charge in [-0.25, -0.2) is 4.79 Å². The highest BCUT2D eigenvalue weighted by molar-refractivity contribution is 7.98. The Bertz CT molecular complexity index is 790. The van der Waals surface area contributed by atoms with Crippen LogP contribution in [-0.2, 0) is 24.9 Å². The number of carbonyl (C=O) groups is 3. The third-order valence-corrected chi connectivity index (χ3v) is 7.52. The van der Waals surface area contributed by atoms with Crippen LogP contribution in [-0.4, -0.2) is 64.4 Å². The number of likely N-dealkylation sites (tertiary alicyclic amines) is 1. The molecule has 0 aromatic heterocycles. The number of carbonyl (C=O) groups excluding carboxylic acids is 2. The van der Waals surface area contributed by atoms with Crippen molar-refractivity contribution in [2.24, 2.45) is 5.92 Å². The molecule has 0 spiro atoms. The van der Waals surface area contributed by atoms with Crippen LogP contribution < -0.4 is 5.32 Å². The number of fused-ring (bicyclic) bond motifs is 1. The molecule has 1 saturated heterocycles. The van der Waals surface area contributed by atoms with Crippen LogP contribution in [0.25, 0.3) is 0 Å². The van der Waals surface area contributed by atoms with Gasteiger partial charge in [0.1, 0.15) is 12.1 Å². The molecule has 0 bridgehead atoms. The molecule has 7 nitrogen and oxygen atoms in total. The van der Waals surface area contributed by atoms with Crippen LogP contribution >= 0.6 is 11.8 Å². The van der Waals surface area contributed by atoms with E-state index in [1.165, 1.54) is 0 Å². The number of esters is 1. The number of hydrogen-bond donors (Lipinski definition) is 2. The highest BCUT2D eigenvalue weighted by Gasteiger charge is 2.48. The Morgan fingerprint density at radius 3 is 2.62 bits per heavy atom. The molecule has 1 heterocycles. The van der Waals surface area contributed by atoms with Gasteiger partial charge in [-0.15, -0.1) is 0 Å². The molecule has 1 amide bonds. The third kappa shape index (κ3) is 6.04. The molecule has 2 fully saturated rings. The van der Waals surface area contributed by atoms with E-state index in [1.54, 1.807) is 30.5 Å². The minimum atomic E-state index is -0.944. The number of rotatable bonds is 10. The molecule has 1 aliphatic heterocycles. The Hall–Kier alpha value is -2.06. The molecule has 32 heavy (non-hydrogen) atoms. The fourth-order valence-electron chi connectivity index (χ4n) is 4.89. The minimum Gasteiger partial charge on any atom is -0.480 e. The molecule has 1 saturated carbocycles. The van der Waals surface area contributed by atoms with Crippen molar-refractivity contribution in [1.82, 2.24) is 10.2 Å². The van der Waals surface area contributed by atoms with Crippen molar-refractivity contribution in [3.8, 4) is 0 Å². The summed E-state index contributed by atoms with van der Waals surface area (Å²) < 4.78 is 5.22. The number of ether oxygens (including phenoxy) is 1. The maximum absolute atomic E-state index is 13.4. The number of nitrogens with zero attached hydrogens (tertiary/aromatic N) is 1. The number of benzene rings is 1. The molecule has 176 valence electrons. The van der Waals surface area contributed by atoms with E-state index in [0.29, 0.717) is 12.2 Å². The first kappa shape index (κ1) is 24.6. The van der Waals surface area contributed by atoms with Crippen LogP contribution in [0.5, 0.6) is 0 Å². The Morgan fingerprint density at radius 1 is 1.22 bits per heavy atom. The van der Waals surface area contributed by atoms with E-state index >= 15 is 0 Å². The van der Waals surface area contributed by atoms with Crippen LogP contribution in [0.2, 0.25) is 0 Å². The number of aliphatic carboxylic acids is 1. The first-order valence-electron chi connectivity index (χ1n) is 11.5. The monoisotopic (exact) mass is 462 g/mol. The van der Waals surface area contributed by atoms with Crippen molar-refractivity contribution in [2.75, 3.05) is 12.4 Å². The van der Waals surface area contributed by atoms with Gasteiger partial charge < -0.3 is 14.7 Å². The quantitative estimate of drug-likeness (QED) is 0.516. The van der Waals surface area contributed by atoms with Crippen LogP contribution in [0.3, 0.4) is 0 Å². The van der Waals surface area contributed by atoms with E-state index in [2.05, 4.69) is 5.32 Å². The molecule has 5 atom stereocenters. The smallest absolute Gasteiger partial charge is 0.326 e. The van der Waals surface area contributed by atoms with Crippen molar-refractivity contribution in [1.29, 1.82) is 0 Å². The molecule has 1 aliphatic carbocycles. The van der Waals surface area contributed by atoms with E-state index in [9.17, 15) is 19.5 Å². The van der Waals surface area contributed by atoms with Gasteiger partial charge in [-0.1, -0.05) is 43.2 Å². The maximum Gasteiger partial charge on any atom is 0.326 e. The highest BCUT2D eigenvalue weighted by Crippen LogP contribution is 2.40. The summed E-state index contributed by atoms with van der Waals surface area (Å²) in [6.45, 7) is 3.73. The molecule has 2 aliphatic rings. The lowest BCUT2D eigenvalue weighted by atomic mass is 9.84. The summed E-state index contributed by atoms with van der Waals surface area (Å²) in [6, 6.07) is 7.86. The molecular weight excluding hydrogens is 428 g/mol. The van der Waals surface area contributed by atoms with E-state index in [4.69, 9.17) is 4.74 Å². The van der Waals surface area contributed by atoms with Gasteiger partial charge in [-0.3, -0.25) is 14.9 Å². The second-order valence-electron chi connectivity index (χ2n) is 8.64. The fraction of sp³-hybridized carbons (Fsp3) is 0.625. The first-order valence-corrected chi connectivity index (χ1v) is 12.7. The van der Waals surface area contributed by atoms with Gasteiger partial charge in [0.15, 0.2) is 0 Å². The third-order valence-electron chi connectivity index (χ3n) is 6.42. The SMILES string of the molecule is CCOC(=O)C(CSCc1ccccc1)N[C@@H](C)C(=O)N1C2CCCCC2C[C@H]1C(=O)O. The number of carboxylic acids is 1. The van der Waals surface area contributed by atoms with Crippen molar-refractivity contribution in [3.63, 3.8) is 0 Å². The Morgan fingerprint density at radius 2 is 1.94 bits per heavy atom. The molecule has 3 rings (SSSR count). The zero-order valence-electron chi connectivity index (χ0n) is 18.9. The van der Waals surface area contributed by atoms with Gasteiger partial charge in [-0.2, -0.15) is 11.8 Å². The van der Waals surface area contributed by atoms with Crippen LogP contribution in [0, 0.1) is 5.92 Å². The summed E-state index contributed by atoms with van der Waals surface area (Å²) >= 11 is 1.60. The summed E-state index contributed by atoms with van der Waals surface area (Å²) in [5.74, 6) is -0.116. The number of nitrogens with one attached hydrogen (secondary N) is 1. The summed E-state index contributed by atoms with van der Waals surface area (Å²) in [5, 5.41) is 12.9. The summed E-state index contributed by atoms with van der Waals surface area (Å²) in [6.07, 6.45) is 4.45. The van der Waals surface area contributed by atoms with Crippen molar-refractivity contribution in [3.05, 3.63) is 35.9 Å². The lowest BCUT2D eigenvalue weighted by molar-refractivity contribution is -0.151. The molecule has 1 aromatic rings. The first-order chi connectivity index (χ1) is 15.4. The fourth-order valence-corrected chi connectivity index (χ4v) is 5.90. The van der Waals surface area contributed by atoms with Crippen molar-refractivity contribution in [2.45, 2.75) is 75.9 Å². The van der Waals surface area contributed by atoms with Crippen LogP contribution in [0.15, 0.2) is 30.3 Å². The van der Waals surface area contributed by atoms with E-state index in [1.807, 2.05) is 30.3 Å². The predicted octanol–water partition coefficient (Wildman–Crippen LogP) is 3.07. The second kappa shape index (κ2) is 11.7. The van der Waals surface area contributed by atoms with Gasteiger partial charge in [0, 0.05) is 17.5 Å². The molecule has 3 unspecified atom stereocenters. The second-order valence-corrected chi connectivity index (χ2v) is 9.67. The molecule has 8 heteroatoms. The zero-order chi connectivity index (χ0) is 23.1. The molecule has 1 aromatic carbocycles. The molecule has 2 N–H and O–H groups in total. The summed E-state index contributed by atoms with van der Waals surface area (Å²) in [4.78, 5) is 39.4. The molecular formula is C24H34N2O5S. The summed E-state index contributed by atoms with van der Waals surface area (Å²) in [7, 11) is 0. The Balaban J connectivity index is 1.65. The zero-order valence-corrected chi connectivity index (χ0v) is 19.7. The minimum absolute atomic E-state index is 0.0184. The van der Waals surface area contributed by atoms with E-state index in [-0.39, 0.29) is 30.4 Å². The van der Waals surface area contributed by atoms with Crippen molar-refractivity contribution < 1.29 is 24.2 Å². The van der Waals surface area contributed by atoms with Gasteiger partial charge in [-0.05, 0) is 44.6 Å². The van der Waals surface area contributed by atoms with E-state index in [0.717, 1.165) is 37.0 Å². The predicted molar refractivity (Wildman–Crippen MR) is 124 cm³/mol. The topological polar surface area (TPSA) is 95.9 Å². The van der Waals surface area contributed by atoms with E-state index < -0.39 is 24.1 Å². The Kier molecular flexibility index (Phi) is 8.99. The van der Waals surface area contributed by atoms with Crippen LogP contribution in [0.1, 0.15) is 51.5 Å². The normalized spacial score (nSPS) is 24.4. The summed E-state index contributed by atoms with van der Waals surface area (Å²) in [5.41, 5.74) is 1.16. The highest BCUT2D eigenvalue weighted by atomic mass is 32.2. The average molecular weight is 463 g/mol. The van der Waals surface area contributed by atoms with Crippen molar-refractivity contribution >= 4 is 29.6 Å². The largest absolute Gasteiger partial charge is 0.480 e. The van der Waals surface area contributed by atoms with Crippen LogP contribution in [0.4, 0.5) is 0 Å². The maximum atomic E-state index is 13.4.